The number of rotatable bonds is 1. The van der Waals surface area contributed by atoms with Crippen LogP contribution in [0.1, 0.15) is 38.3 Å². The van der Waals surface area contributed by atoms with Crippen molar-refractivity contribution in [2.75, 3.05) is 0 Å². The van der Waals surface area contributed by atoms with Crippen LogP contribution in [0.2, 0.25) is 0 Å². The molecule has 0 heterocycles. The van der Waals surface area contributed by atoms with E-state index >= 15 is 0 Å². The van der Waals surface area contributed by atoms with Crippen LogP contribution in [-0.2, 0) is 21.7 Å². The van der Waals surface area contributed by atoms with Crippen LogP contribution in [0.15, 0.2) is 71.3 Å². The molecule has 0 bridgehead atoms. The normalized spacial score (nSPS) is 12.3. The van der Waals surface area contributed by atoms with Crippen LogP contribution in [0.25, 0.3) is 11.3 Å². The van der Waals surface area contributed by atoms with Crippen LogP contribution in [0, 0.1) is 6.92 Å². The van der Waals surface area contributed by atoms with E-state index in [0.717, 1.165) is 12.0 Å². The van der Waals surface area contributed by atoms with Crippen LogP contribution >= 0.6 is 0 Å². The Morgan fingerprint density at radius 1 is 0.800 bits per heavy atom. The second kappa shape index (κ2) is 12.3. The predicted molar refractivity (Wildman–Crippen MR) is 96.9 cm³/mol. The molecule has 0 atom stereocenters. The first-order valence-electron chi connectivity index (χ1n) is 7.55. The quantitative estimate of drug-likeness (QED) is 0.492. The molecule has 1 aliphatic carbocycles. The van der Waals surface area contributed by atoms with Crippen LogP contribution in [-0.4, -0.2) is 0 Å². The summed E-state index contributed by atoms with van der Waals surface area (Å²) in [6.07, 6.45) is 1.09. The van der Waals surface area contributed by atoms with Crippen LogP contribution in [0.5, 0.6) is 0 Å². The van der Waals surface area contributed by atoms with E-state index in [-0.39, 0.29) is 46.5 Å². The van der Waals surface area contributed by atoms with E-state index in [0.29, 0.717) is 5.69 Å². The van der Waals surface area contributed by atoms with E-state index in [9.17, 15) is 0 Å². The Labute approximate surface area is 179 Å². The summed E-state index contributed by atoms with van der Waals surface area (Å²) in [5.41, 5.74) is 15.8. The SMILES string of the molecule is [CH2-]c1ccccc1C1=C(C)C(C)=C(C)C1.[Cl-].[Cl-].[NH-]c1ccccc1.[Ti+2]. The number of nitrogens with one attached hydrogen (secondary N) is 1. The van der Waals surface area contributed by atoms with Crippen molar-refractivity contribution in [3.63, 3.8) is 0 Å². The minimum atomic E-state index is 0. The van der Waals surface area contributed by atoms with Gasteiger partial charge in [0.1, 0.15) is 0 Å². The Hall–Kier alpha value is -1.12. The smallest absolute Gasteiger partial charge is 1.00 e. The molecule has 0 spiro atoms. The van der Waals surface area contributed by atoms with E-state index in [1.54, 1.807) is 12.1 Å². The van der Waals surface area contributed by atoms with Gasteiger partial charge in [0.2, 0.25) is 0 Å². The summed E-state index contributed by atoms with van der Waals surface area (Å²) >= 11 is 0. The Morgan fingerprint density at radius 2 is 1.32 bits per heavy atom. The fourth-order valence-corrected chi connectivity index (χ4v) is 2.63. The van der Waals surface area contributed by atoms with Gasteiger partial charge in [-0.1, -0.05) is 53.1 Å². The molecule has 3 rings (SSSR count). The molecule has 0 aliphatic heterocycles. The van der Waals surface area contributed by atoms with Gasteiger partial charge >= 0.3 is 21.7 Å². The average Bonchev–Trinajstić information content (AvgIpc) is 2.77. The number of hydrogen-bond donors (Lipinski definition) is 0. The molecule has 0 radical (unpaired) electrons. The van der Waals surface area contributed by atoms with Gasteiger partial charge in [0.25, 0.3) is 0 Å². The Bertz CT molecular complexity index is 722. The van der Waals surface area contributed by atoms with Crippen molar-refractivity contribution in [1.29, 1.82) is 0 Å². The predicted octanol–water partition coefficient (Wildman–Crippen LogP) is 0.758. The van der Waals surface area contributed by atoms with Crippen molar-refractivity contribution >= 4 is 11.3 Å². The van der Waals surface area contributed by atoms with E-state index in [1.165, 1.54) is 27.9 Å². The number of halogens is 2. The number of benzene rings is 2. The van der Waals surface area contributed by atoms with Gasteiger partial charge in [-0.15, -0.1) is 23.4 Å². The van der Waals surface area contributed by atoms with Crippen LogP contribution in [0.4, 0.5) is 5.69 Å². The second-order valence-electron chi connectivity index (χ2n) is 5.71. The fourth-order valence-electron chi connectivity index (χ4n) is 2.63. The molecule has 0 saturated heterocycles. The van der Waals surface area contributed by atoms with Crippen molar-refractivity contribution in [2.24, 2.45) is 0 Å². The average molecular weight is 408 g/mol. The standard InChI is InChI=1S/C15H17.C6H6N.2ClH.Ti/c1-10-7-5-6-8-14(10)15-9-11(2)12(3)13(15)4;7-6-4-2-1-3-5-6;;;/h5-8H,1,9H2,2-4H3;1-5,7H;2*1H;/q2*-1;;;+2/p-2. The van der Waals surface area contributed by atoms with Gasteiger partial charge in [-0.25, -0.2) is 0 Å². The fraction of sp³-hybridized carbons (Fsp3) is 0.190. The molecule has 132 valence electrons. The largest absolute Gasteiger partial charge is 2.00 e. The van der Waals surface area contributed by atoms with E-state index in [1.807, 2.05) is 24.3 Å². The van der Waals surface area contributed by atoms with Crippen molar-refractivity contribution in [1.82, 2.24) is 0 Å². The molecule has 25 heavy (non-hydrogen) atoms. The first-order valence-corrected chi connectivity index (χ1v) is 7.55. The summed E-state index contributed by atoms with van der Waals surface area (Å²) in [5.74, 6) is 0. The topological polar surface area (TPSA) is 23.8 Å². The number of hydrogen-bond acceptors (Lipinski definition) is 0. The van der Waals surface area contributed by atoms with E-state index in [2.05, 4.69) is 45.9 Å². The molecular weight excluding hydrogens is 385 g/mol. The zero-order chi connectivity index (χ0) is 16.1. The number of allylic oxidation sites excluding steroid dienone is 4. The summed E-state index contributed by atoms with van der Waals surface area (Å²) in [6.45, 7) is 10.7. The summed E-state index contributed by atoms with van der Waals surface area (Å²) in [6, 6.07) is 17.5. The monoisotopic (exact) mass is 407 g/mol. The summed E-state index contributed by atoms with van der Waals surface area (Å²) in [7, 11) is 0. The zero-order valence-corrected chi connectivity index (χ0v) is 17.9. The van der Waals surface area contributed by atoms with Crippen molar-refractivity contribution in [3.8, 4) is 0 Å². The molecule has 0 fully saturated rings. The maximum Gasteiger partial charge on any atom is 2.00 e. The van der Waals surface area contributed by atoms with Gasteiger partial charge in [0, 0.05) is 0 Å². The molecule has 1 nitrogen and oxygen atoms in total. The minimum Gasteiger partial charge on any atom is -1.00 e. The summed E-state index contributed by atoms with van der Waals surface area (Å²) in [4.78, 5) is 0. The van der Waals surface area contributed by atoms with Crippen molar-refractivity contribution in [2.45, 2.75) is 27.2 Å². The van der Waals surface area contributed by atoms with Gasteiger partial charge in [0.05, 0.1) is 0 Å². The molecule has 4 heteroatoms. The molecule has 0 aromatic heterocycles. The van der Waals surface area contributed by atoms with Gasteiger partial charge in [-0.3, -0.25) is 0 Å². The zero-order valence-electron chi connectivity index (χ0n) is 14.9. The van der Waals surface area contributed by atoms with Crippen molar-refractivity contribution < 1.29 is 46.5 Å². The molecule has 0 amide bonds. The molecule has 1 aliphatic rings. The Balaban J connectivity index is 0. The second-order valence-corrected chi connectivity index (χ2v) is 5.71. The van der Waals surface area contributed by atoms with Crippen LogP contribution in [0.3, 0.4) is 0 Å². The molecule has 2 aromatic carbocycles. The van der Waals surface area contributed by atoms with E-state index in [4.69, 9.17) is 5.73 Å². The maximum absolute atomic E-state index is 7.00. The molecule has 2 aromatic rings. The first-order chi connectivity index (χ1) is 10.5. The van der Waals surface area contributed by atoms with E-state index < -0.39 is 0 Å². The van der Waals surface area contributed by atoms with Gasteiger partial charge < -0.3 is 30.5 Å². The summed E-state index contributed by atoms with van der Waals surface area (Å²) < 4.78 is 0. The van der Waals surface area contributed by atoms with Crippen molar-refractivity contribution in [3.05, 3.63) is 95.1 Å². The molecular formula is C21H23Cl2NTi-2. The summed E-state index contributed by atoms with van der Waals surface area (Å²) in [5, 5.41) is 0. The minimum absolute atomic E-state index is 0. The third-order valence-electron chi connectivity index (χ3n) is 4.21. The third kappa shape index (κ3) is 6.95. The Kier molecular flexibility index (Phi) is 12.8. The maximum atomic E-state index is 7.00. The third-order valence-corrected chi connectivity index (χ3v) is 4.21. The van der Waals surface area contributed by atoms with Crippen LogP contribution < -0.4 is 24.8 Å². The van der Waals surface area contributed by atoms with Gasteiger partial charge in [0.15, 0.2) is 0 Å². The van der Waals surface area contributed by atoms with Gasteiger partial charge in [-0.05, 0) is 32.8 Å². The molecule has 0 unspecified atom stereocenters. The first kappa shape index (κ1) is 26.1. The molecule has 1 N–H and O–H groups in total. The van der Waals surface area contributed by atoms with Gasteiger partial charge in [-0.2, -0.15) is 18.6 Å². The Morgan fingerprint density at radius 3 is 1.72 bits per heavy atom. The molecule has 0 saturated carbocycles.